The first-order chi connectivity index (χ1) is 16.1. The molecule has 0 amide bonds. The van der Waals surface area contributed by atoms with Crippen molar-refractivity contribution in [2.24, 2.45) is 0 Å². The smallest absolute Gasteiger partial charge is 0.144 e. The predicted octanol–water partition coefficient (Wildman–Crippen LogP) is 3.24. The Balaban J connectivity index is 1.61. The van der Waals surface area contributed by atoms with E-state index >= 15 is 0 Å². The minimum atomic E-state index is -0.383. The third-order valence-electron chi connectivity index (χ3n) is 5.72. The number of H-pyrrole nitrogens is 1. The fraction of sp³-hybridized carbons (Fsp3) is 0.292. The average molecular weight is 446 g/mol. The Bertz CT molecular complexity index is 1250. The lowest BCUT2D eigenvalue weighted by Crippen LogP contribution is -2.44. The number of pyridine rings is 1. The molecule has 0 aliphatic carbocycles. The van der Waals surface area contributed by atoms with Gasteiger partial charge in [0.2, 0.25) is 0 Å². The molecule has 3 N–H and O–H groups in total. The first-order valence-corrected chi connectivity index (χ1v) is 10.8. The van der Waals surface area contributed by atoms with E-state index in [-0.39, 0.29) is 11.9 Å². The van der Waals surface area contributed by atoms with Gasteiger partial charge in [-0.05, 0) is 19.1 Å². The van der Waals surface area contributed by atoms with E-state index in [0.717, 1.165) is 11.4 Å². The van der Waals surface area contributed by atoms with E-state index in [1.54, 1.807) is 12.3 Å². The number of anilines is 3. The molecule has 0 bridgehead atoms. The second-order valence-electron chi connectivity index (χ2n) is 7.93. The van der Waals surface area contributed by atoms with Crippen molar-refractivity contribution >= 4 is 23.7 Å². The number of fused-ring (bicyclic) bond motifs is 1. The molecule has 0 spiro atoms. The van der Waals surface area contributed by atoms with Gasteiger partial charge in [-0.2, -0.15) is 5.10 Å². The summed E-state index contributed by atoms with van der Waals surface area (Å²) in [5, 5.41) is 18.1. The van der Waals surface area contributed by atoms with Crippen molar-refractivity contribution in [1.29, 1.82) is 5.41 Å². The summed E-state index contributed by atoms with van der Waals surface area (Å²) in [4.78, 5) is 6.95. The number of morpholine rings is 1. The monoisotopic (exact) mass is 446 g/mol. The highest BCUT2D eigenvalue weighted by Crippen LogP contribution is 2.30. The lowest BCUT2D eigenvalue weighted by atomic mass is 10.0. The summed E-state index contributed by atoms with van der Waals surface area (Å²) in [6.07, 6.45) is 3.55. The highest BCUT2D eigenvalue weighted by atomic mass is 19.1. The maximum Gasteiger partial charge on any atom is 0.144 e. The number of aromatic amines is 1. The molecule has 168 valence electrons. The van der Waals surface area contributed by atoms with E-state index in [4.69, 9.17) is 19.9 Å². The predicted molar refractivity (Wildman–Crippen MR) is 123 cm³/mol. The van der Waals surface area contributed by atoms with Crippen LogP contribution in [0.5, 0.6) is 5.75 Å². The van der Waals surface area contributed by atoms with Gasteiger partial charge in [0, 0.05) is 48.0 Å². The zero-order valence-electron chi connectivity index (χ0n) is 18.1. The van der Waals surface area contributed by atoms with Gasteiger partial charge in [0.15, 0.2) is 0 Å². The molecule has 0 saturated carbocycles. The molecule has 8 nitrogen and oxygen atoms in total. The largest absolute Gasteiger partial charge is 0.493 e. The molecule has 5 rings (SSSR count). The van der Waals surface area contributed by atoms with Gasteiger partial charge in [0.1, 0.15) is 29.0 Å². The number of ether oxygens (including phenoxy) is 2. The van der Waals surface area contributed by atoms with Gasteiger partial charge in [-0.15, -0.1) is 0 Å². The quantitative estimate of drug-likeness (QED) is 0.420. The van der Waals surface area contributed by atoms with Crippen molar-refractivity contribution in [3.05, 3.63) is 58.5 Å². The number of nitrogens with one attached hydrogen (secondary N) is 3. The van der Waals surface area contributed by atoms with Gasteiger partial charge in [-0.25, -0.2) is 9.37 Å². The van der Waals surface area contributed by atoms with Crippen LogP contribution >= 0.6 is 0 Å². The third-order valence-corrected chi connectivity index (χ3v) is 5.72. The van der Waals surface area contributed by atoms with Crippen LogP contribution in [0.15, 0.2) is 30.5 Å². The molecule has 33 heavy (non-hydrogen) atoms. The van der Waals surface area contributed by atoms with Crippen molar-refractivity contribution in [1.82, 2.24) is 15.2 Å². The number of hydrogen-bond donors (Lipinski definition) is 3. The number of aromatic nitrogens is 3. The minimum Gasteiger partial charge on any atom is -0.493 e. The summed E-state index contributed by atoms with van der Waals surface area (Å²) in [5.74, 6) is 8.31. The van der Waals surface area contributed by atoms with Gasteiger partial charge >= 0.3 is 0 Å². The van der Waals surface area contributed by atoms with E-state index in [1.165, 1.54) is 18.3 Å². The zero-order chi connectivity index (χ0) is 22.8. The van der Waals surface area contributed by atoms with Crippen LogP contribution in [0.25, 0.3) is 0 Å². The fourth-order valence-electron chi connectivity index (χ4n) is 4.06. The SMILES string of the molecule is C[C@@H]1COCCN1c1cc(C#Cc2cc(F)cc3c2CCO3)c(C=N)c(Nc2ccn[nH]2)n1. The Morgan fingerprint density at radius 3 is 2.94 bits per heavy atom. The van der Waals surface area contributed by atoms with Crippen LogP contribution in [0, 0.1) is 23.1 Å². The lowest BCUT2D eigenvalue weighted by molar-refractivity contribution is 0.0985. The molecule has 1 saturated heterocycles. The second-order valence-corrected chi connectivity index (χ2v) is 7.93. The summed E-state index contributed by atoms with van der Waals surface area (Å²) in [6, 6.07) is 6.62. The van der Waals surface area contributed by atoms with Crippen LogP contribution in [-0.4, -0.2) is 53.8 Å². The molecule has 0 radical (unpaired) electrons. The highest BCUT2D eigenvalue weighted by molar-refractivity contribution is 5.90. The summed E-state index contributed by atoms with van der Waals surface area (Å²) in [5.41, 5.74) is 2.66. The summed E-state index contributed by atoms with van der Waals surface area (Å²) in [7, 11) is 0. The summed E-state index contributed by atoms with van der Waals surface area (Å²) >= 11 is 0. The Morgan fingerprint density at radius 1 is 1.27 bits per heavy atom. The number of halogens is 1. The Kier molecular flexibility index (Phi) is 5.67. The van der Waals surface area contributed by atoms with Crippen LogP contribution in [0.4, 0.5) is 21.8 Å². The molecule has 1 aromatic carbocycles. The van der Waals surface area contributed by atoms with Crippen LogP contribution in [-0.2, 0) is 11.2 Å². The van der Waals surface area contributed by atoms with Crippen LogP contribution in [0.1, 0.15) is 29.2 Å². The van der Waals surface area contributed by atoms with Crippen LogP contribution in [0.2, 0.25) is 0 Å². The molecule has 1 fully saturated rings. The minimum absolute atomic E-state index is 0.140. The number of rotatable bonds is 4. The standard InChI is InChI=1S/C24H23FN6O2/c1-15-14-32-9-7-31(15)23-11-17(20(13-26)24(29-23)28-22-4-6-27-30-22)3-2-16-10-18(25)12-21-19(16)5-8-33-21/h4,6,10-13,15,26H,5,7-9,14H2,1H3,(H2,27,28,29,30)/t15-/m1/s1. The molecule has 4 heterocycles. The van der Waals surface area contributed by atoms with Crippen molar-refractivity contribution < 1.29 is 13.9 Å². The lowest BCUT2D eigenvalue weighted by Gasteiger charge is -2.34. The normalized spacial score (nSPS) is 17.0. The third kappa shape index (κ3) is 4.25. The molecule has 2 aliphatic heterocycles. The van der Waals surface area contributed by atoms with Crippen LogP contribution in [0.3, 0.4) is 0 Å². The second kappa shape index (κ2) is 8.92. The fourth-order valence-corrected chi connectivity index (χ4v) is 4.06. The van der Waals surface area contributed by atoms with Gasteiger partial charge in [-0.1, -0.05) is 11.8 Å². The van der Waals surface area contributed by atoms with Crippen molar-refractivity contribution in [3.8, 4) is 17.6 Å². The summed E-state index contributed by atoms with van der Waals surface area (Å²) in [6.45, 7) is 4.51. The van der Waals surface area contributed by atoms with Gasteiger partial charge in [0.25, 0.3) is 0 Å². The molecular weight excluding hydrogens is 423 g/mol. The highest BCUT2D eigenvalue weighted by Gasteiger charge is 2.23. The van der Waals surface area contributed by atoms with Crippen molar-refractivity contribution in [2.75, 3.05) is 36.6 Å². The van der Waals surface area contributed by atoms with E-state index in [1.807, 2.05) is 6.07 Å². The molecule has 1 atom stereocenters. The van der Waals surface area contributed by atoms with Crippen LogP contribution < -0.4 is 15.0 Å². The number of benzene rings is 1. The molecule has 2 aromatic heterocycles. The average Bonchev–Trinajstić information content (AvgIpc) is 3.49. The number of nitrogens with zero attached hydrogens (tertiary/aromatic N) is 3. The maximum absolute atomic E-state index is 14.1. The van der Waals surface area contributed by atoms with Crippen molar-refractivity contribution in [2.45, 2.75) is 19.4 Å². The molecular formula is C24H23FN6O2. The number of hydrogen-bond acceptors (Lipinski definition) is 7. The molecule has 3 aromatic rings. The maximum atomic E-state index is 14.1. The molecule has 0 unspecified atom stereocenters. The van der Waals surface area contributed by atoms with E-state index in [9.17, 15) is 4.39 Å². The Hall–Kier alpha value is -3.90. The topological polar surface area (TPSA) is 99.1 Å². The molecule has 9 heteroatoms. The van der Waals surface area contributed by atoms with E-state index < -0.39 is 0 Å². The Labute approximate surface area is 190 Å². The first kappa shape index (κ1) is 21.0. The van der Waals surface area contributed by atoms with Gasteiger partial charge < -0.3 is 25.1 Å². The van der Waals surface area contributed by atoms with E-state index in [2.05, 4.69) is 39.2 Å². The summed E-state index contributed by atoms with van der Waals surface area (Å²) < 4.78 is 25.2. The van der Waals surface area contributed by atoms with E-state index in [0.29, 0.717) is 66.9 Å². The molecule has 2 aliphatic rings. The zero-order valence-corrected chi connectivity index (χ0v) is 18.1. The Morgan fingerprint density at radius 2 is 2.15 bits per heavy atom. The first-order valence-electron chi connectivity index (χ1n) is 10.8. The van der Waals surface area contributed by atoms with Gasteiger partial charge in [-0.3, -0.25) is 5.10 Å². The van der Waals surface area contributed by atoms with Gasteiger partial charge in [0.05, 0.1) is 37.6 Å². The van der Waals surface area contributed by atoms with Crippen molar-refractivity contribution in [3.63, 3.8) is 0 Å².